The highest BCUT2D eigenvalue weighted by Crippen LogP contribution is 2.36. The molecule has 0 bridgehead atoms. The van der Waals surface area contributed by atoms with Gasteiger partial charge in [-0.05, 0) is 73.9 Å². The summed E-state index contributed by atoms with van der Waals surface area (Å²) in [6.07, 6.45) is 8.05. The lowest BCUT2D eigenvalue weighted by molar-refractivity contribution is -0.137. The first-order chi connectivity index (χ1) is 17.5. The molecule has 0 spiro atoms. The molecule has 7 nitrogen and oxygen atoms in total. The van der Waals surface area contributed by atoms with Crippen molar-refractivity contribution in [2.75, 3.05) is 26.7 Å². The number of carboxylic acids is 1. The summed E-state index contributed by atoms with van der Waals surface area (Å²) in [5.74, 6) is 6.59. The van der Waals surface area contributed by atoms with E-state index in [2.05, 4.69) is 31.7 Å². The van der Waals surface area contributed by atoms with Gasteiger partial charge in [0, 0.05) is 36.9 Å². The number of hydrogen-bond donors (Lipinski definition) is 1. The third-order valence-electron chi connectivity index (χ3n) is 6.91. The monoisotopic (exact) mass is 490 g/mol. The summed E-state index contributed by atoms with van der Waals surface area (Å²) in [5.41, 5.74) is 2.13. The fraction of sp³-hybridized carbons (Fsp3) is 0.429. The van der Waals surface area contributed by atoms with Gasteiger partial charge in [0.2, 0.25) is 0 Å². The van der Waals surface area contributed by atoms with Crippen LogP contribution in [0.2, 0.25) is 0 Å². The van der Waals surface area contributed by atoms with Crippen LogP contribution >= 0.6 is 0 Å². The van der Waals surface area contributed by atoms with Crippen molar-refractivity contribution in [2.45, 2.75) is 38.3 Å². The van der Waals surface area contributed by atoms with Crippen LogP contribution in [-0.2, 0) is 4.79 Å². The smallest absolute Gasteiger partial charge is 0.303 e. The molecular weight excluding hydrogens is 459 g/mol. The lowest BCUT2D eigenvalue weighted by atomic mass is 9.79. The molecule has 1 saturated heterocycles. The Kier molecular flexibility index (Phi) is 8.80. The highest BCUT2D eigenvalue weighted by Gasteiger charge is 2.30. The molecule has 3 heterocycles. The number of aliphatic carboxylic acids is 1. The molecule has 1 N–H and O–H groups in total. The average Bonchev–Trinajstić information content (AvgIpc) is 2.91. The molecule has 1 fully saturated rings. The number of piperidine rings is 1. The molecule has 3 atom stereocenters. The fourth-order valence-corrected chi connectivity index (χ4v) is 5.00. The summed E-state index contributed by atoms with van der Waals surface area (Å²) in [6, 6.07) is 7.25. The van der Waals surface area contributed by atoms with Gasteiger partial charge in [0.1, 0.15) is 18.2 Å². The number of carbonyl (C=O) groups is 1. The van der Waals surface area contributed by atoms with Gasteiger partial charge in [0.05, 0.1) is 24.7 Å². The third-order valence-corrected chi connectivity index (χ3v) is 6.91. The SMILES string of the molecule is COc1ccc2nccc([C@@H](F)CCC3CCN(CC#Cc4cncnc4)CC3CCC(=O)O)c2c1. The zero-order valence-corrected chi connectivity index (χ0v) is 20.4. The maximum Gasteiger partial charge on any atom is 0.303 e. The molecule has 0 aliphatic carbocycles. The molecule has 2 aromatic heterocycles. The zero-order valence-electron chi connectivity index (χ0n) is 20.4. The minimum absolute atomic E-state index is 0.121. The van der Waals surface area contributed by atoms with Gasteiger partial charge in [-0.15, -0.1) is 0 Å². The number of pyridine rings is 1. The minimum Gasteiger partial charge on any atom is -0.497 e. The predicted molar refractivity (Wildman–Crippen MR) is 135 cm³/mol. The second-order valence-corrected chi connectivity index (χ2v) is 9.23. The highest BCUT2D eigenvalue weighted by atomic mass is 19.1. The van der Waals surface area contributed by atoms with Crippen LogP contribution in [0.5, 0.6) is 5.75 Å². The predicted octanol–water partition coefficient (Wildman–Crippen LogP) is 4.68. The number of likely N-dealkylation sites (tertiary alicyclic amines) is 1. The number of rotatable bonds is 9. The van der Waals surface area contributed by atoms with Crippen molar-refractivity contribution < 1.29 is 19.0 Å². The average molecular weight is 491 g/mol. The Morgan fingerprint density at radius 1 is 1.25 bits per heavy atom. The standard InChI is InChI=1S/C28H31FN4O3/c1-36-23-6-8-27-25(15-23)24(10-12-32-27)26(29)7-4-21-11-14-33(18-22(21)5-9-28(34)35)13-2-3-20-16-30-19-31-17-20/h6,8,10,12,15-17,19,21-22,26H,4-5,7,9,11,13-14,18H2,1H3,(H,34,35)/t21?,22?,26-/m0/s1. The molecule has 1 aliphatic heterocycles. The topological polar surface area (TPSA) is 88.4 Å². The Bertz CT molecular complexity index is 1230. The largest absolute Gasteiger partial charge is 0.497 e. The Morgan fingerprint density at radius 2 is 2.08 bits per heavy atom. The minimum atomic E-state index is -1.13. The van der Waals surface area contributed by atoms with Crippen LogP contribution in [0.4, 0.5) is 4.39 Å². The summed E-state index contributed by atoms with van der Waals surface area (Å²) in [5, 5.41) is 10.0. The summed E-state index contributed by atoms with van der Waals surface area (Å²) < 4.78 is 20.8. The van der Waals surface area contributed by atoms with Gasteiger partial charge in [-0.2, -0.15) is 0 Å². The number of ether oxygens (including phenoxy) is 1. The molecule has 1 aromatic carbocycles. The number of nitrogens with zero attached hydrogens (tertiary/aromatic N) is 4. The van der Waals surface area contributed by atoms with Gasteiger partial charge in [0.15, 0.2) is 0 Å². The van der Waals surface area contributed by atoms with E-state index in [-0.39, 0.29) is 18.3 Å². The van der Waals surface area contributed by atoms with Crippen LogP contribution in [-0.4, -0.2) is 57.7 Å². The van der Waals surface area contributed by atoms with Crippen LogP contribution in [0.25, 0.3) is 10.9 Å². The number of carboxylic acid groups (broad SMARTS) is 1. The number of benzene rings is 1. The second kappa shape index (κ2) is 12.4. The Hall–Kier alpha value is -3.57. The molecule has 1 aliphatic rings. The van der Waals surface area contributed by atoms with Crippen LogP contribution in [0, 0.1) is 23.7 Å². The van der Waals surface area contributed by atoms with E-state index in [0.717, 1.165) is 36.0 Å². The summed E-state index contributed by atoms with van der Waals surface area (Å²) in [4.78, 5) is 25.8. The number of alkyl halides is 1. The lowest BCUT2D eigenvalue weighted by Gasteiger charge is -2.38. The van der Waals surface area contributed by atoms with E-state index in [0.29, 0.717) is 37.1 Å². The maximum atomic E-state index is 15.5. The van der Waals surface area contributed by atoms with Gasteiger partial charge >= 0.3 is 5.97 Å². The molecule has 0 radical (unpaired) electrons. The molecule has 36 heavy (non-hydrogen) atoms. The molecule has 2 unspecified atom stereocenters. The van der Waals surface area contributed by atoms with Gasteiger partial charge in [0.25, 0.3) is 0 Å². The first kappa shape index (κ1) is 25.5. The lowest BCUT2D eigenvalue weighted by Crippen LogP contribution is -2.41. The zero-order chi connectivity index (χ0) is 25.3. The van der Waals surface area contributed by atoms with E-state index >= 15 is 4.39 Å². The number of hydrogen-bond acceptors (Lipinski definition) is 6. The third kappa shape index (κ3) is 6.76. The van der Waals surface area contributed by atoms with Crippen LogP contribution in [0.1, 0.15) is 49.4 Å². The van der Waals surface area contributed by atoms with E-state index in [1.807, 2.05) is 18.2 Å². The Labute approximate surface area is 210 Å². The first-order valence-corrected chi connectivity index (χ1v) is 12.3. The van der Waals surface area contributed by atoms with E-state index in [4.69, 9.17) is 4.74 Å². The van der Waals surface area contributed by atoms with Crippen LogP contribution in [0.3, 0.4) is 0 Å². The normalized spacial score (nSPS) is 18.8. The number of methoxy groups -OCH3 is 1. The fourth-order valence-electron chi connectivity index (χ4n) is 5.00. The summed E-state index contributed by atoms with van der Waals surface area (Å²) in [6.45, 7) is 2.23. The number of aromatic nitrogens is 3. The quantitative estimate of drug-likeness (QED) is 0.436. The van der Waals surface area contributed by atoms with Gasteiger partial charge < -0.3 is 9.84 Å². The molecule has 0 saturated carbocycles. The second-order valence-electron chi connectivity index (χ2n) is 9.23. The van der Waals surface area contributed by atoms with Crippen molar-refractivity contribution in [3.63, 3.8) is 0 Å². The summed E-state index contributed by atoms with van der Waals surface area (Å²) in [7, 11) is 1.59. The highest BCUT2D eigenvalue weighted by molar-refractivity contribution is 5.83. The van der Waals surface area contributed by atoms with Gasteiger partial charge in [-0.25, -0.2) is 14.4 Å². The first-order valence-electron chi connectivity index (χ1n) is 12.3. The van der Waals surface area contributed by atoms with Crippen molar-refractivity contribution >= 4 is 16.9 Å². The molecular formula is C28H31FN4O3. The van der Waals surface area contributed by atoms with Crippen LogP contribution in [0.15, 0.2) is 49.2 Å². The molecule has 3 aromatic rings. The van der Waals surface area contributed by atoms with E-state index in [1.54, 1.807) is 31.8 Å². The molecule has 8 heteroatoms. The Morgan fingerprint density at radius 3 is 2.86 bits per heavy atom. The van der Waals surface area contributed by atoms with Crippen molar-refractivity contribution in [2.24, 2.45) is 11.8 Å². The molecule has 0 amide bonds. The van der Waals surface area contributed by atoms with E-state index in [9.17, 15) is 9.90 Å². The maximum absolute atomic E-state index is 15.5. The number of fused-ring (bicyclic) bond motifs is 1. The van der Waals surface area contributed by atoms with Crippen molar-refractivity contribution in [3.8, 4) is 17.6 Å². The number of halogens is 1. The van der Waals surface area contributed by atoms with Crippen molar-refractivity contribution in [1.82, 2.24) is 19.9 Å². The Balaban J connectivity index is 1.39. The van der Waals surface area contributed by atoms with E-state index < -0.39 is 12.1 Å². The molecule has 4 rings (SSSR count). The molecule has 188 valence electrons. The van der Waals surface area contributed by atoms with Crippen molar-refractivity contribution in [1.29, 1.82) is 0 Å². The van der Waals surface area contributed by atoms with Gasteiger partial charge in [-0.3, -0.25) is 14.7 Å². The summed E-state index contributed by atoms with van der Waals surface area (Å²) >= 11 is 0. The van der Waals surface area contributed by atoms with Gasteiger partial charge in [-0.1, -0.05) is 11.8 Å². The van der Waals surface area contributed by atoms with E-state index in [1.165, 1.54) is 6.33 Å². The van der Waals surface area contributed by atoms with Crippen molar-refractivity contribution in [3.05, 3.63) is 60.3 Å². The van der Waals surface area contributed by atoms with Crippen LogP contribution < -0.4 is 4.74 Å².